The molecule has 0 fully saturated rings. The molecule has 18 heavy (non-hydrogen) atoms. The minimum Gasteiger partial charge on any atom is -0.340 e. The zero-order valence-electron chi connectivity index (χ0n) is 9.54. The first kappa shape index (κ1) is 12.5. The standard InChI is InChI=1S/C13H9BrFN3/c1-8-4-10(14)7-17-13(8)18-11-2-3-12(15)9(5-11)6-16/h2-5,7H,1H3,(H,17,18). The molecule has 2 aromatic rings. The first-order valence-corrected chi connectivity index (χ1v) is 5.98. The van der Waals surface area contributed by atoms with E-state index in [1.807, 2.05) is 13.0 Å². The summed E-state index contributed by atoms with van der Waals surface area (Å²) in [5, 5.41) is 11.8. The second-order valence-electron chi connectivity index (χ2n) is 3.75. The van der Waals surface area contributed by atoms with Gasteiger partial charge in [0, 0.05) is 16.4 Å². The fraction of sp³-hybridized carbons (Fsp3) is 0.0769. The summed E-state index contributed by atoms with van der Waals surface area (Å²) >= 11 is 3.33. The summed E-state index contributed by atoms with van der Waals surface area (Å²) < 4.78 is 14.1. The van der Waals surface area contributed by atoms with Crippen LogP contribution in [0, 0.1) is 24.1 Å². The summed E-state index contributed by atoms with van der Waals surface area (Å²) in [6.45, 7) is 1.91. The van der Waals surface area contributed by atoms with Crippen molar-refractivity contribution in [2.45, 2.75) is 6.92 Å². The predicted molar refractivity (Wildman–Crippen MR) is 71.1 cm³/mol. The number of anilines is 2. The lowest BCUT2D eigenvalue weighted by Crippen LogP contribution is -1.97. The number of benzene rings is 1. The summed E-state index contributed by atoms with van der Waals surface area (Å²) in [4.78, 5) is 4.22. The van der Waals surface area contributed by atoms with Crippen LogP contribution in [0.1, 0.15) is 11.1 Å². The van der Waals surface area contributed by atoms with Crippen LogP contribution in [-0.2, 0) is 0 Å². The Kier molecular flexibility index (Phi) is 3.58. The van der Waals surface area contributed by atoms with Crippen LogP contribution in [0.15, 0.2) is 34.9 Å². The second-order valence-corrected chi connectivity index (χ2v) is 4.67. The maximum atomic E-state index is 13.2. The number of nitrogens with zero attached hydrogens (tertiary/aromatic N) is 2. The monoisotopic (exact) mass is 305 g/mol. The van der Waals surface area contributed by atoms with Crippen molar-refractivity contribution in [3.8, 4) is 6.07 Å². The Bertz CT molecular complexity index is 635. The number of nitrogens with one attached hydrogen (secondary N) is 1. The fourth-order valence-corrected chi connectivity index (χ4v) is 1.94. The van der Waals surface area contributed by atoms with Crippen LogP contribution in [0.3, 0.4) is 0 Å². The van der Waals surface area contributed by atoms with Gasteiger partial charge in [-0.05, 0) is 52.7 Å². The van der Waals surface area contributed by atoms with E-state index in [9.17, 15) is 4.39 Å². The Morgan fingerprint density at radius 3 is 2.83 bits per heavy atom. The molecule has 0 aliphatic rings. The van der Waals surface area contributed by atoms with Gasteiger partial charge < -0.3 is 5.32 Å². The summed E-state index contributed by atoms with van der Waals surface area (Å²) in [6.07, 6.45) is 1.67. The average molecular weight is 306 g/mol. The maximum Gasteiger partial charge on any atom is 0.141 e. The zero-order chi connectivity index (χ0) is 13.1. The first-order chi connectivity index (χ1) is 8.60. The van der Waals surface area contributed by atoms with E-state index in [0.717, 1.165) is 10.0 Å². The molecule has 0 spiro atoms. The fourth-order valence-electron chi connectivity index (χ4n) is 1.50. The molecule has 3 nitrogen and oxygen atoms in total. The van der Waals surface area contributed by atoms with E-state index in [1.54, 1.807) is 18.3 Å². The molecular formula is C13H9BrFN3. The highest BCUT2D eigenvalue weighted by Gasteiger charge is 2.05. The molecule has 0 saturated carbocycles. The van der Waals surface area contributed by atoms with E-state index in [4.69, 9.17) is 5.26 Å². The highest BCUT2D eigenvalue weighted by atomic mass is 79.9. The van der Waals surface area contributed by atoms with Crippen molar-refractivity contribution >= 4 is 27.4 Å². The van der Waals surface area contributed by atoms with Gasteiger partial charge in [-0.3, -0.25) is 0 Å². The Balaban J connectivity index is 2.32. The lowest BCUT2D eigenvalue weighted by Gasteiger charge is -2.09. The van der Waals surface area contributed by atoms with Crippen molar-refractivity contribution in [2.24, 2.45) is 0 Å². The topological polar surface area (TPSA) is 48.7 Å². The SMILES string of the molecule is Cc1cc(Br)cnc1Nc1ccc(F)c(C#N)c1. The van der Waals surface area contributed by atoms with E-state index in [1.165, 1.54) is 12.1 Å². The normalized spacial score (nSPS) is 9.89. The van der Waals surface area contributed by atoms with E-state index in [-0.39, 0.29) is 5.56 Å². The van der Waals surface area contributed by atoms with E-state index in [0.29, 0.717) is 11.5 Å². The van der Waals surface area contributed by atoms with E-state index in [2.05, 4.69) is 26.2 Å². The number of pyridine rings is 1. The molecule has 0 aliphatic carbocycles. The third kappa shape index (κ3) is 2.66. The van der Waals surface area contributed by atoms with Gasteiger partial charge >= 0.3 is 0 Å². The van der Waals surface area contributed by atoms with Crippen molar-refractivity contribution in [1.29, 1.82) is 5.26 Å². The molecule has 1 aromatic heterocycles. The minimum absolute atomic E-state index is 0.00904. The summed E-state index contributed by atoms with van der Waals surface area (Å²) in [5.74, 6) is 0.150. The van der Waals surface area contributed by atoms with Crippen LogP contribution in [0.5, 0.6) is 0 Å². The molecule has 1 N–H and O–H groups in total. The minimum atomic E-state index is -0.525. The van der Waals surface area contributed by atoms with Gasteiger partial charge in [-0.25, -0.2) is 9.37 Å². The highest BCUT2D eigenvalue weighted by Crippen LogP contribution is 2.22. The summed E-state index contributed by atoms with van der Waals surface area (Å²) in [7, 11) is 0. The van der Waals surface area contributed by atoms with E-state index < -0.39 is 5.82 Å². The molecule has 90 valence electrons. The third-order valence-electron chi connectivity index (χ3n) is 2.39. The summed E-state index contributed by atoms with van der Waals surface area (Å²) in [6, 6.07) is 8.01. The molecule has 2 rings (SSSR count). The van der Waals surface area contributed by atoms with Gasteiger partial charge in [-0.15, -0.1) is 0 Å². The predicted octanol–water partition coefficient (Wildman–Crippen LogP) is 3.91. The van der Waals surface area contributed by atoms with Gasteiger partial charge in [0.2, 0.25) is 0 Å². The number of nitriles is 1. The Morgan fingerprint density at radius 2 is 2.17 bits per heavy atom. The molecule has 0 bridgehead atoms. The van der Waals surface area contributed by atoms with Crippen molar-refractivity contribution < 1.29 is 4.39 Å². The smallest absolute Gasteiger partial charge is 0.141 e. The quantitative estimate of drug-likeness (QED) is 0.915. The molecule has 1 heterocycles. The Labute approximate surface area is 112 Å². The molecule has 0 atom stereocenters. The van der Waals surface area contributed by atoms with E-state index >= 15 is 0 Å². The maximum absolute atomic E-state index is 13.2. The molecular weight excluding hydrogens is 297 g/mol. The van der Waals surface area contributed by atoms with Crippen LogP contribution < -0.4 is 5.32 Å². The highest BCUT2D eigenvalue weighted by molar-refractivity contribution is 9.10. The molecule has 0 unspecified atom stereocenters. The average Bonchev–Trinajstić information content (AvgIpc) is 2.35. The lowest BCUT2D eigenvalue weighted by atomic mass is 10.2. The van der Waals surface area contributed by atoms with Crippen molar-refractivity contribution in [1.82, 2.24) is 4.98 Å². The Morgan fingerprint density at radius 1 is 1.39 bits per heavy atom. The second kappa shape index (κ2) is 5.15. The Hall–Kier alpha value is -1.93. The number of hydrogen-bond acceptors (Lipinski definition) is 3. The molecule has 0 amide bonds. The zero-order valence-corrected chi connectivity index (χ0v) is 11.1. The number of rotatable bonds is 2. The largest absolute Gasteiger partial charge is 0.340 e. The van der Waals surface area contributed by atoms with Crippen LogP contribution in [0.4, 0.5) is 15.9 Å². The van der Waals surface area contributed by atoms with Gasteiger partial charge in [0.15, 0.2) is 0 Å². The molecule has 0 saturated heterocycles. The molecule has 0 radical (unpaired) electrons. The lowest BCUT2D eigenvalue weighted by molar-refractivity contribution is 0.624. The van der Waals surface area contributed by atoms with Crippen molar-refractivity contribution in [3.05, 3.63) is 51.9 Å². The molecule has 1 aromatic carbocycles. The van der Waals surface area contributed by atoms with Crippen LogP contribution in [0.25, 0.3) is 0 Å². The third-order valence-corrected chi connectivity index (χ3v) is 2.83. The molecule has 5 heteroatoms. The molecule has 0 aliphatic heterocycles. The summed E-state index contributed by atoms with van der Waals surface area (Å²) in [5.41, 5.74) is 1.59. The van der Waals surface area contributed by atoms with Crippen molar-refractivity contribution in [3.63, 3.8) is 0 Å². The number of aromatic nitrogens is 1. The van der Waals surface area contributed by atoms with Crippen LogP contribution in [-0.4, -0.2) is 4.98 Å². The van der Waals surface area contributed by atoms with Gasteiger partial charge in [0.05, 0.1) is 5.56 Å². The van der Waals surface area contributed by atoms with Gasteiger partial charge in [-0.1, -0.05) is 0 Å². The number of hydrogen-bond donors (Lipinski definition) is 1. The number of aryl methyl sites for hydroxylation is 1. The van der Waals surface area contributed by atoms with Gasteiger partial charge in [0.1, 0.15) is 17.7 Å². The number of halogens is 2. The van der Waals surface area contributed by atoms with Crippen LogP contribution in [0.2, 0.25) is 0 Å². The van der Waals surface area contributed by atoms with Crippen molar-refractivity contribution in [2.75, 3.05) is 5.32 Å². The van der Waals surface area contributed by atoms with Gasteiger partial charge in [0.25, 0.3) is 0 Å². The van der Waals surface area contributed by atoms with Gasteiger partial charge in [-0.2, -0.15) is 5.26 Å². The first-order valence-electron chi connectivity index (χ1n) is 5.19. The van der Waals surface area contributed by atoms with Crippen LogP contribution >= 0.6 is 15.9 Å².